The second-order valence-electron chi connectivity index (χ2n) is 4.31. The van der Waals surface area contributed by atoms with Crippen molar-refractivity contribution < 1.29 is 22.7 Å². The summed E-state index contributed by atoms with van der Waals surface area (Å²) < 4.78 is 39.5. The van der Waals surface area contributed by atoms with Crippen molar-refractivity contribution in [2.45, 2.75) is 11.9 Å². The number of halogens is 1. The van der Waals surface area contributed by atoms with Crippen LogP contribution in [0, 0.1) is 12.7 Å². The van der Waals surface area contributed by atoms with Crippen LogP contribution in [0.3, 0.4) is 0 Å². The predicted molar refractivity (Wildman–Crippen MR) is 73.1 cm³/mol. The second kappa shape index (κ2) is 5.49. The van der Waals surface area contributed by atoms with Gasteiger partial charge in [-0.15, -0.1) is 0 Å². The molecule has 0 aliphatic carbocycles. The van der Waals surface area contributed by atoms with Crippen LogP contribution < -0.4 is 4.72 Å². The summed E-state index contributed by atoms with van der Waals surface area (Å²) >= 11 is 0. The third-order valence-corrected chi connectivity index (χ3v) is 3.85. The van der Waals surface area contributed by atoms with Gasteiger partial charge in [-0.25, -0.2) is 14.2 Å². The molecule has 0 spiro atoms. The monoisotopic (exact) mass is 310 g/mol. The number of aromatic carboxylic acids is 1. The Hall–Kier alpha value is -2.48. The molecule has 1 heterocycles. The van der Waals surface area contributed by atoms with Crippen molar-refractivity contribution in [3.8, 4) is 0 Å². The van der Waals surface area contributed by atoms with Crippen LogP contribution in [0.2, 0.25) is 0 Å². The van der Waals surface area contributed by atoms with E-state index in [1.807, 2.05) is 0 Å². The first-order valence-electron chi connectivity index (χ1n) is 5.77. The number of benzene rings is 1. The molecule has 0 atom stereocenters. The van der Waals surface area contributed by atoms with Crippen molar-refractivity contribution in [3.05, 3.63) is 53.5 Å². The highest BCUT2D eigenvalue weighted by Gasteiger charge is 2.17. The highest BCUT2D eigenvalue weighted by atomic mass is 32.2. The van der Waals surface area contributed by atoms with Crippen LogP contribution in [-0.2, 0) is 10.0 Å². The van der Waals surface area contributed by atoms with Gasteiger partial charge < -0.3 is 5.11 Å². The van der Waals surface area contributed by atoms with Crippen molar-refractivity contribution in [2.75, 3.05) is 4.72 Å². The van der Waals surface area contributed by atoms with E-state index in [1.165, 1.54) is 12.1 Å². The van der Waals surface area contributed by atoms with Gasteiger partial charge in [0.2, 0.25) is 0 Å². The van der Waals surface area contributed by atoms with Gasteiger partial charge >= 0.3 is 5.97 Å². The van der Waals surface area contributed by atoms with E-state index in [9.17, 15) is 17.6 Å². The molecule has 8 heteroatoms. The molecule has 0 saturated carbocycles. The first-order chi connectivity index (χ1) is 9.78. The van der Waals surface area contributed by atoms with Crippen molar-refractivity contribution in [2.24, 2.45) is 0 Å². The van der Waals surface area contributed by atoms with E-state index in [2.05, 4.69) is 9.71 Å². The summed E-state index contributed by atoms with van der Waals surface area (Å²) in [4.78, 5) is 14.3. The van der Waals surface area contributed by atoms with E-state index < -0.39 is 21.8 Å². The zero-order valence-corrected chi connectivity index (χ0v) is 11.7. The van der Waals surface area contributed by atoms with Crippen molar-refractivity contribution in [1.29, 1.82) is 0 Å². The number of pyridine rings is 1. The average molecular weight is 310 g/mol. The molecule has 2 rings (SSSR count). The highest BCUT2D eigenvalue weighted by Crippen LogP contribution is 2.17. The zero-order valence-electron chi connectivity index (χ0n) is 10.9. The fraction of sp³-hybridized carbons (Fsp3) is 0.0769. The molecular formula is C13H11FN2O4S. The maximum absolute atomic E-state index is 13.2. The minimum atomic E-state index is -4.01. The molecule has 2 aromatic rings. The lowest BCUT2D eigenvalue weighted by Crippen LogP contribution is -2.15. The van der Waals surface area contributed by atoms with Crippen molar-refractivity contribution in [1.82, 2.24) is 4.98 Å². The molecule has 1 aromatic heterocycles. The minimum absolute atomic E-state index is 0.0663. The standard InChI is InChI=1S/C13H11FN2O4S/c1-8-4-10(14)6-11(5-8)16-21(19,20)12-3-2-9(7-15-12)13(17)18/h2-7,16H,1H3,(H,17,18). The molecule has 2 N–H and O–H groups in total. The van der Waals surface area contributed by atoms with Gasteiger partial charge in [-0.3, -0.25) is 4.72 Å². The molecule has 0 bridgehead atoms. The lowest BCUT2D eigenvalue weighted by atomic mass is 10.2. The highest BCUT2D eigenvalue weighted by molar-refractivity contribution is 7.92. The SMILES string of the molecule is Cc1cc(F)cc(NS(=O)(=O)c2ccc(C(=O)O)cn2)c1. The Morgan fingerprint density at radius 1 is 1.29 bits per heavy atom. The largest absolute Gasteiger partial charge is 0.478 e. The van der Waals surface area contributed by atoms with Gasteiger partial charge in [0.15, 0.2) is 5.03 Å². The quantitative estimate of drug-likeness (QED) is 0.900. The number of aromatic nitrogens is 1. The van der Waals surface area contributed by atoms with Gasteiger partial charge in [0.1, 0.15) is 5.82 Å². The lowest BCUT2D eigenvalue weighted by Gasteiger charge is -2.08. The summed E-state index contributed by atoms with van der Waals surface area (Å²) in [5.41, 5.74) is 0.494. The molecule has 21 heavy (non-hydrogen) atoms. The molecule has 0 aliphatic rings. The van der Waals surface area contributed by atoms with Crippen LogP contribution in [0.1, 0.15) is 15.9 Å². The topological polar surface area (TPSA) is 96.4 Å². The van der Waals surface area contributed by atoms with Gasteiger partial charge in [0, 0.05) is 6.20 Å². The Morgan fingerprint density at radius 2 is 2.00 bits per heavy atom. The van der Waals surface area contributed by atoms with E-state index in [0.717, 1.165) is 24.4 Å². The van der Waals surface area contributed by atoms with Gasteiger partial charge in [-0.2, -0.15) is 8.42 Å². The lowest BCUT2D eigenvalue weighted by molar-refractivity contribution is 0.0696. The zero-order chi connectivity index (χ0) is 15.6. The van der Waals surface area contributed by atoms with Crippen LogP contribution >= 0.6 is 0 Å². The van der Waals surface area contributed by atoms with E-state index in [4.69, 9.17) is 5.11 Å². The van der Waals surface area contributed by atoms with E-state index in [-0.39, 0.29) is 16.3 Å². The first-order valence-corrected chi connectivity index (χ1v) is 7.25. The summed E-state index contributed by atoms with van der Waals surface area (Å²) in [5.74, 6) is -1.78. The maximum Gasteiger partial charge on any atom is 0.337 e. The predicted octanol–water partition coefficient (Wildman–Crippen LogP) is 2.03. The molecule has 110 valence electrons. The number of carboxylic acids is 1. The summed E-state index contributed by atoms with van der Waals surface area (Å²) in [7, 11) is -4.01. The molecule has 0 radical (unpaired) electrons. The van der Waals surface area contributed by atoms with Crippen molar-refractivity contribution >= 4 is 21.7 Å². The Bertz CT molecular complexity index is 768. The number of nitrogens with zero attached hydrogens (tertiary/aromatic N) is 1. The first kappa shape index (κ1) is 14.9. The third kappa shape index (κ3) is 3.54. The van der Waals surface area contributed by atoms with Crippen LogP contribution in [0.25, 0.3) is 0 Å². The fourth-order valence-corrected chi connectivity index (χ4v) is 2.64. The Balaban J connectivity index is 2.31. The van der Waals surface area contributed by atoms with E-state index in [0.29, 0.717) is 5.56 Å². The third-order valence-electron chi connectivity index (χ3n) is 2.55. The number of carbonyl (C=O) groups is 1. The van der Waals surface area contributed by atoms with Gasteiger partial charge in [0.05, 0.1) is 11.3 Å². The summed E-state index contributed by atoms with van der Waals surface area (Å²) in [6, 6.07) is 5.96. The molecule has 0 amide bonds. The minimum Gasteiger partial charge on any atom is -0.478 e. The normalized spacial score (nSPS) is 11.1. The summed E-state index contributed by atoms with van der Waals surface area (Å²) in [6.45, 7) is 1.63. The smallest absolute Gasteiger partial charge is 0.337 e. The average Bonchev–Trinajstić information content (AvgIpc) is 2.37. The Kier molecular flexibility index (Phi) is 3.90. The number of hydrogen-bond donors (Lipinski definition) is 2. The van der Waals surface area contributed by atoms with Crippen LogP contribution in [-0.4, -0.2) is 24.5 Å². The van der Waals surface area contributed by atoms with Gasteiger partial charge in [-0.1, -0.05) is 0 Å². The molecular weight excluding hydrogens is 299 g/mol. The molecule has 0 fully saturated rings. The Labute approximate surface area is 120 Å². The second-order valence-corrected chi connectivity index (χ2v) is 5.94. The number of nitrogens with one attached hydrogen (secondary N) is 1. The summed E-state index contributed by atoms with van der Waals surface area (Å²) in [5, 5.41) is 8.38. The van der Waals surface area contributed by atoms with Crippen LogP contribution in [0.5, 0.6) is 0 Å². The van der Waals surface area contributed by atoms with Crippen molar-refractivity contribution in [3.63, 3.8) is 0 Å². The number of hydrogen-bond acceptors (Lipinski definition) is 4. The fourth-order valence-electron chi connectivity index (χ4n) is 1.67. The van der Waals surface area contributed by atoms with Gasteiger partial charge in [-0.05, 0) is 42.8 Å². The van der Waals surface area contributed by atoms with Crippen LogP contribution in [0.15, 0.2) is 41.6 Å². The number of carboxylic acid groups (broad SMARTS) is 1. The molecule has 0 saturated heterocycles. The Morgan fingerprint density at radius 3 is 2.52 bits per heavy atom. The summed E-state index contributed by atoms with van der Waals surface area (Å²) in [6.07, 6.45) is 0.938. The number of sulfonamides is 1. The molecule has 0 aliphatic heterocycles. The van der Waals surface area contributed by atoms with E-state index in [1.54, 1.807) is 6.92 Å². The van der Waals surface area contributed by atoms with Gasteiger partial charge in [0.25, 0.3) is 10.0 Å². The van der Waals surface area contributed by atoms with E-state index >= 15 is 0 Å². The number of rotatable bonds is 4. The molecule has 1 aromatic carbocycles. The molecule has 0 unspecified atom stereocenters. The number of aryl methyl sites for hydroxylation is 1. The maximum atomic E-state index is 13.2. The number of anilines is 1. The van der Waals surface area contributed by atoms with Crippen LogP contribution in [0.4, 0.5) is 10.1 Å². The molecule has 6 nitrogen and oxygen atoms in total.